The zero-order valence-corrected chi connectivity index (χ0v) is 7.80. The van der Waals surface area contributed by atoms with Gasteiger partial charge in [-0.05, 0) is 19.8 Å². The first-order chi connectivity index (χ1) is 6.11. The van der Waals surface area contributed by atoms with Crippen molar-refractivity contribution in [3.05, 3.63) is 12.3 Å². The van der Waals surface area contributed by atoms with Crippen molar-refractivity contribution >= 4 is 11.8 Å². The Morgan fingerprint density at radius 1 is 1.31 bits per heavy atom. The lowest BCUT2D eigenvalue weighted by Gasteiger charge is -2.14. The molecule has 0 aromatic heterocycles. The third kappa shape index (κ3) is 2.57. The van der Waals surface area contributed by atoms with Crippen LogP contribution in [0.5, 0.6) is 0 Å². The lowest BCUT2D eigenvalue weighted by molar-refractivity contribution is -0.144. The van der Waals surface area contributed by atoms with Gasteiger partial charge in [0.1, 0.15) is 0 Å². The molecule has 0 saturated carbocycles. The lowest BCUT2D eigenvalue weighted by atomic mass is 10.4. The fraction of sp³-hybridized carbons (Fsp3) is 0.556. The van der Waals surface area contributed by atoms with Crippen molar-refractivity contribution < 1.29 is 9.59 Å². The molecule has 1 N–H and O–H groups in total. The number of allylic oxidation sites excluding steroid dienone is 1. The standard InChI is InChI=1S/C9H14N2O2/c1-7(2)10-8(12)9(13)11-5-3-4-6-11/h1,3-6H2,2H3,(H,10,12). The maximum atomic E-state index is 11.4. The average Bonchev–Trinajstić information content (AvgIpc) is 2.53. The zero-order valence-electron chi connectivity index (χ0n) is 7.80. The van der Waals surface area contributed by atoms with Crippen LogP contribution in [-0.4, -0.2) is 29.8 Å². The summed E-state index contributed by atoms with van der Waals surface area (Å²) in [5.74, 6) is -1.02. The molecular weight excluding hydrogens is 168 g/mol. The van der Waals surface area contributed by atoms with Crippen molar-refractivity contribution in [1.82, 2.24) is 10.2 Å². The zero-order chi connectivity index (χ0) is 9.84. The molecule has 0 unspecified atom stereocenters. The van der Waals surface area contributed by atoms with Crippen molar-refractivity contribution in [3.63, 3.8) is 0 Å². The van der Waals surface area contributed by atoms with E-state index < -0.39 is 11.8 Å². The van der Waals surface area contributed by atoms with Gasteiger partial charge in [-0.1, -0.05) is 6.58 Å². The summed E-state index contributed by atoms with van der Waals surface area (Å²) in [4.78, 5) is 24.1. The molecule has 4 heteroatoms. The number of rotatable bonds is 1. The van der Waals surface area contributed by atoms with Gasteiger partial charge in [0, 0.05) is 18.8 Å². The molecule has 2 amide bonds. The van der Waals surface area contributed by atoms with Crippen molar-refractivity contribution in [1.29, 1.82) is 0 Å². The van der Waals surface area contributed by atoms with Gasteiger partial charge >= 0.3 is 11.8 Å². The quantitative estimate of drug-likeness (QED) is 0.591. The second-order valence-electron chi connectivity index (χ2n) is 3.23. The molecule has 0 aromatic carbocycles. The number of carbonyl (C=O) groups excluding carboxylic acids is 2. The lowest BCUT2D eigenvalue weighted by Crippen LogP contribution is -2.40. The largest absolute Gasteiger partial charge is 0.334 e. The second-order valence-corrected chi connectivity index (χ2v) is 3.23. The predicted octanol–water partition coefficient (Wildman–Crippen LogP) is 0.259. The molecule has 1 aliphatic rings. The third-order valence-corrected chi connectivity index (χ3v) is 1.91. The Hall–Kier alpha value is -1.32. The van der Waals surface area contributed by atoms with E-state index in [4.69, 9.17) is 0 Å². The fourth-order valence-corrected chi connectivity index (χ4v) is 1.31. The fourth-order valence-electron chi connectivity index (χ4n) is 1.31. The Labute approximate surface area is 77.6 Å². The molecule has 13 heavy (non-hydrogen) atoms. The molecule has 0 radical (unpaired) electrons. The molecule has 1 heterocycles. The minimum Gasteiger partial charge on any atom is -0.334 e. The highest BCUT2D eigenvalue weighted by Gasteiger charge is 2.23. The van der Waals surface area contributed by atoms with Crippen LogP contribution in [0.4, 0.5) is 0 Å². The van der Waals surface area contributed by atoms with Crippen LogP contribution >= 0.6 is 0 Å². The number of hydrogen-bond donors (Lipinski definition) is 1. The number of nitrogens with one attached hydrogen (secondary N) is 1. The molecule has 1 aliphatic heterocycles. The minimum absolute atomic E-state index is 0.444. The number of carbonyl (C=O) groups is 2. The molecule has 0 atom stereocenters. The summed E-state index contributed by atoms with van der Waals surface area (Å²) in [6.07, 6.45) is 1.98. The third-order valence-electron chi connectivity index (χ3n) is 1.91. The molecule has 4 nitrogen and oxygen atoms in total. The van der Waals surface area contributed by atoms with Crippen molar-refractivity contribution in [3.8, 4) is 0 Å². The van der Waals surface area contributed by atoms with Crippen molar-refractivity contribution in [2.24, 2.45) is 0 Å². The Kier molecular flexibility index (Phi) is 3.06. The Morgan fingerprint density at radius 3 is 2.31 bits per heavy atom. The van der Waals surface area contributed by atoms with Crippen molar-refractivity contribution in [2.45, 2.75) is 19.8 Å². The first kappa shape index (κ1) is 9.77. The number of likely N-dealkylation sites (tertiary alicyclic amines) is 1. The first-order valence-corrected chi connectivity index (χ1v) is 4.37. The monoisotopic (exact) mass is 182 g/mol. The predicted molar refractivity (Wildman–Crippen MR) is 48.8 cm³/mol. The number of amides is 2. The van der Waals surface area contributed by atoms with E-state index in [1.165, 1.54) is 0 Å². The molecule has 0 aliphatic carbocycles. The normalized spacial score (nSPS) is 15.6. The summed E-state index contributed by atoms with van der Waals surface area (Å²) in [5.41, 5.74) is 0.498. The van der Waals surface area contributed by atoms with E-state index in [1.807, 2.05) is 0 Å². The first-order valence-electron chi connectivity index (χ1n) is 4.37. The number of nitrogens with zero attached hydrogens (tertiary/aromatic N) is 1. The summed E-state index contributed by atoms with van der Waals surface area (Å²) in [5, 5.41) is 2.39. The van der Waals surface area contributed by atoms with Crippen LogP contribution in [-0.2, 0) is 9.59 Å². The summed E-state index contributed by atoms with van der Waals surface area (Å²) in [6.45, 7) is 6.54. The minimum atomic E-state index is -0.575. The van der Waals surface area contributed by atoms with Crippen LogP contribution in [0.3, 0.4) is 0 Å². The molecule has 72 valence electrons. The Bertz CT molecular complexity index is 242. The van der Waals surface area contributed by atoms with Crippen LogP contribution in [0.15, 0.2) is 12.3 Å². The SMILES string of the molecule is C=C(C)NC(=O)C(=O)N1CCCC1. The van der Waals surface area contributed by atoms with E-state index in [0.29, 0.717) is 18.8 Å². The maximum absolute atomic E-state index is 11.4. The Balaban J connectivity index is 2.46. The van der Waals surface area contributed by atoms with Gasteiger partial charge in [0.15, 0.2) is 0 Å². The van der Waals surface area contributed by atoms with E-state index in [2.05, 4.69) is 11.9 Å². The molecule has 0 spiro atoms. The molecule has 0 aromatic rings. The Morgan fingerprint density at radius 2 is 1.85 bits per heavy atom. The summed E-state index contributed by atoms with van der Waals surface area (Å²) in [7, 11) is 0. The average molecular weight is 182 g/mol. The van der Waals surface area contributed by atoms with Gasteiger partial charge in [0.25, 0.3) is 0 Å². The summed E-state index contributed by atoms with van der Waals surface area (Å²) in [6, 6.07) is 0. The highest BCUT2D eigenvalue weighted by atomic mass is 16.2. The topological polar surface area (TPSA) is 49.4 Å². The van der Waals surface area contributed by atoms with Crippen LogP contribution in [0.1, 0.15) is 19.8 Å². The van der Waals surface area contributed by atoms with E-state index in [0.717, 1.165) is 12.8 Å². The maximum Gasteiger partial charge on any atom is 0.313 e. The molecular formula is C9H14N2O2. The van der Waals surface area contributed by atoms with Crippen molar-refractivity contribution in [2.75, 3.05) is 13.1 Å². The van der Waals surface area contributed by atoms with E-state index in [1.54, 1.807) is 11.8 Å². The highest BCUT2D eigenvalue weighted by molar-refractivity contribution is 6.35. The molecule has 1 saturated heterocycles. The highest BCUT2D eigenvalue weighted by Crippen LogP contribution is 2.07. The van der Waals surface area contributed by atoms with Gasteiger partial charge in [-0.3, -0.25) is 9.59 Å². The smallest absolute Gasteiger partial charge is 0.313 e. The number of hydrogen-bond acceptors (Lipinski definition) is 2. The van der Waals surface area contributed by atoms with Crippen LogP contribution in [0.25, 0.3) is 0 Å². The molecule has 1 fully saturated rings. The van der Waals surface area contributed by atoms with E-state index in [9.17, 15) is 9.59 Å². The summed E-state index contributed by atoms with van der Waals surface area (Å²) >= 11 is 0. The molecule has 1 rings (SSSR count). The molecule has 0 bridgehead atoms. The van der Waals surface area contributed by atoms with Gasteiger partial charge in [-0.2, -0.15) is 0 Å². The van der Waals surface area contributed by atoms with Gasteiger partial charge < -0.3 is 10.2 Å². The van der Waals surface area contributed by atoms with E-state index >= 15 is 0 Å². The second kappa shape index (κ2) is 4.07. The van der Waals surface area contributed by atoms with Crippen LogP contribution in [0.2, 0.25) is 0 Å². The summed E-state index contributed by atoms with van der Waals surface area (Å²) < 4.78 is 0. The van der Waals surface area contributed by atoms with Gasteiger partial charge in [0.05, 0.1) is 0 Å². The van der Waals surface area contributed by atoms with Gasteiger partial charge in [-0.15, -0.1) is 0 Å². The van der Waals surface area contributed by atoms with Gasteiger partial charge in [-0.25, -0.2) is 0 Å². The van der Waals surface area contributed by atoms with E-state index in [-0.39, 0.29) is 0 Å². The van der Waals surface area contributed by atoms with Crippen LogP contribution in [0, 0.1) is 0 Å². The van der Waals surface area contributed by atoms with Crippen LogP contribution < -0.4 is 5.32 Å². The van der Waals surface area contributed by atoms with Gasteiger partial charge in [0.2, 0.25) is 0 Å².